The van der Waals surface area contributed by atoms with E-state index in [9.17, 15) is 4.79 Å². The molecule has 2 aromatic rings. The molecule has 2 heterocycles. The SMILES string of the molecule is O=Cc1cc(-c2cnccn2)nn1CC1CC1. The van der Waals surface area contributed by atoms with E-state index in [0.29, 0.717) is 23.0 Å². The summed E-state index contributed by atoms with van der Waals surface area (Å²) in [7, 11) is 0. The van der Waals surface area contributed by atoms with Crippen LogP contribution in [0.4, 0.5) is 0 Å². The summed E-state index contributed by atoms with van der Waals surface area (Å²) in [5.74, 6) is 0.684. The fraction of sp³-hybridized carbons (Fsp3) is 0.333. The molecule has 0 aliphatic heterocycles. The van der Waals surface area contributed by atoms with Crippen molar-refractivity contribution in [2.24, 2.45) is 5.92 Å². The van der Waals surface area contributed by atoms with Crippen molar-refractivity contribution < 1.29 is 4.79 Å². The highest BCUT2D eigenvalue weighted by Gasteiger charge is 2.23. The van der Waals surface area contributed by atoms with Crippen molar-refractivity contribution in [3.05, 3.63) is 30.4 Å². The number of hydrogen-bond donors (Lipinski definition) is 0. The zero-order chi connectivity index (χ0) is 11.7. The smallest absolute Gasteiger partial charge is 0.168 e. The van der Waals surface area contributed by atoms with Gasteiger partial charge in [-0.25, -0.2) is 0 Å². The topological polar surface area (TPSA) is 60.7 Å². The molecule has 0 aromatic carbocycles. The molecular formula is C12H12N4O. The van der Waals surface area contributed by atoms with Crippen LogP contribution in [0.25, 0.3) is 11.4 Å². The van der Waals surface area contributed by atoms with Crippen LogP contribution < -0.4 is 0 Å². The summed E-state index contributed by atoms with van der Waals surface area (Å²) in [5.41, 5.74) is 2.02. The zero-order valence-corrected chi connectivity index (χ0v) is 9.28. The van der Waals surface area contributed by atoms with Gasteiger partial charge in [0.25, 0.3) is 0 Å². The normalized spacial score (nSPS) is 14.8. The molecule has 0 bridgehead atoms. The molecule has 0 spiro atoms. The first-order valence-electron chi connectivity index (χ1n) is 5.66. The largest absolute Gasteiger partial charge is 0.296 e. The van der Waals surface area contributed by atoms with Gasteiger partial charge >= 0.3 is 0 Å². The van der Waals surface area contributed by atoms with Crippen molar-refractivity contribution in [3.8, 4) is 11.4 Å². The van der Waals surface area contributed by atoms with Crippen LogP contribution in [0.2, 0.25) is 0 Å². The van der Waals surface area contributed by atoms with Gasteiger partial charge in [-0.2, -0.15) is 5.10 Å². The van der Waals surface area contributed by atoms with Gasteiger partial charge in [-0.15, -0.1) is 0 Å². The lowest BCUT2D eigenvalue weighted by molar-refractivity contribution is 0.111. The minimum atomic E-state index is 0.609. The molecule has 1 aliphatic rings. The first-order chi connectivity index (χ1) is 8.36. The van der Waals surface area contributed by atoms with Gasteiger partial charge in [0.05, 0.1) is 6.20 Å². The molecule has 1 aliphatic carbocycles. The average molecular weight is 228 g/mol. The lowest BCUT2D eigenvalue weighted by Gasteiger charge is -2.00. The van der Waals surface area contributed by atoms with E-state index in [4.69, 9.17) is 0 Å². The van der Waals surface area contributed by atoms with E-state index in [1.807, 2.05) is 0 Å². The highest BCUT2D eigenvalue weighted by molar-refractivity contribution is 5.75. The number of nitrogens with zero attached hydrogens (tertiary/aromatic N) is 4. The van der Waals surface area contributed by atoms with E-state index in [1.165, 1.54) is 12.8 Å². The number of rotatable bonds is 4. The second-order valence-corrected chi connectivity index (χ2v) is 4.29. The number of aldehydes is 1. The van der Waals surface area contributed by atoms with Gasteiger partial charge in [-0.05, 0) is 24.8 Å². The van der Waals surface area contributed by atoms with Crippen LogP contribution in [-0.4, -0.2) is 26.0 Å². The summed E-state index contributed by atoms with van der Waals surface area (Å²) in [6, 6.07) is 1.76. The lowest BCUT2D eigenvalue weighted by Crippen LogP contribution is -2.05. The Morgan fingerprint density at radius 2 is 2.24 bits per heavy atom. The molecule has 86 valence electrons. The van der Waals surface area contributed by atoms with Crippen molar-refractivity contribution in [1.29, 1.82) is 0 Å². The van der Waals surface area contributed by atoms with Crippen LogP contribution >= 0.6 is 0 Å². The monoisotopic (exact) mass is 228 g/mol. The molecular weight excluding hydrogens is 216 g/mol. The number of aromatic nitrogens is 4. The van der Waals surface area contributed by atoms with Gasteiger partial charge in [0.1, 0.15) is 17.1 Å². The van der Waals surface area contributed by atoms with E-state index in [2.05, 4.69) is 15.1 Å². The van der Waals surface area contributed by atoms with Gasteiger partial charge in [0, 0.05) is 18.9 Å². The average Bonchev–Trinajstić information content (AvgIpc) is 3.09. The van der Waals surface area contributed by atoms with E-state index in [-0.39, 0.29) is 0 Å². The molecule has 5 heteroatoms. The summed E-state index contributed by atoms with van der Waals surface area (Å²) in [4.78, 5) is 19.2. The Balaban J connectivity index is 1.95. The molecule has 3 rings (SSSR count). The maximum absolute atomic E-state index is 11.0. The van der Waals surface area contributed by atoms with Crippen molar-refractivity contribution in [3.63, 3.8) is 0 Å². The maximum atomic E-state index is 11.0. The summed E-state index contributed by atoms with van der Waals surface area (Å²) in [5, 5.41) is 4.41. The Bertz CT molecular complexity index is 531. The van der Waals surface area contributed by atoms with Gasteiger partial charge in [-0.3, -0.25) is 19.4 Å². The molecule has 5 nitrogen and oxygen atoms in total. The number of carbonyl (C=O) groups is 1. The van der Waals surface area contributed by atoms with Gasteiger partial charge in [0.2, 0.25) is 0 Å². The molecule has 0 N–H and O–H groups in total. The number of carbonyl (C=O) groups excluding carboxylic acids is 1. The fourth-order valence-corrected chi connectivity index (χ4v) is 1.77. The van der Waals surface area contributed by atoms with E-state index in [0.717, 1.165) is 12.8 Å². The Morgan fingerprint density at radius 3 is 2.88 bits per heavy atom. The second-order valence-electron chi connectivity index (χ2n) is 4.29. The van der Waals surface area contributed by atoms with Crippen LogP contribution in [0, 0.1) is 5.92 Å². The molecule has 0 atom stereocenters. The van der Waals surface area contributed by atoms with Gasteiger partial charge in [0.15, 0.2) is 6.29 Å². The highest BCUT2D eigenvalue weighted by Crippen LogP contribution is 2.31. The molecule has 0 amide bonds. The van der Waals surface area contributed by atoms with E-state index < -0.39 is 0 Å². The van der Waals surface area contributed by atoms with E-state index >= 15 is 0 Å². The van der Waals surface area contributed by atoms with Crippen molar-refractivity contribution in [2.45, 2.75) is 19.4 Å². The van der Waals surface area contributed by atoms with Crippen LogP contribution in [0.5, 0.6) is 0 Å². The summed E-state index contributed by atoms with van der Waals surface area (Å²) < 4.78 is 1.77. The minimum Gasteiger partial charge on any atom is -0.296 e. The Hall–Kier alpha value is -2.04. The summed E-state index contributed by atoms with van der Waals surface area (Å²) >= 11 is 0. The third kappa shape index (κ3) is 2.08. The first-order valence-corrected chi connectivity index (χ1v) is 5.66. The summed E-state index contributed by atoms with van der Waals surface area (Å²) in [6.45, 7) is 0.828. The lowest BCUT2D eigenvalue weighted by atomic mass is 10.3. The van der Waals surface area contributed by atoms with Gasteiger partial charge < -0.3 is 0 Å². The van der Waals surface area contributed by atoms with Crippen LogP contribution in [0.15, 0.2) is 24.7 Å². The fourth-order valence-electron chi connectivity index (χ4n) is 1.77. The highest BCUT2D eigenvalue weighted by atomic mass is 16.1. The molecule has 0 unspecified atom stereocenters. The van der Waals surface area contributed by atoms with Crippen molar-refractivity contribution >= 4 is 6.29 Å². The molecule has 0 radical (unpaired) electrons. The Labute approximate surface area is 98.5 Å². The predicted octanol–water partition coefficient (Wildman–Crippen LogP) is 1.56. The van der Waals surface area contributed by atoms with Gasteiger partial charge in [-0.1, -0.05) is 0 Å². The number of hydrogen-bond acceptors (Lipinski definition) is 4. The third-order valence-electron chi connectivity index (χ3n) is 2.89. The molecule has 1 fully saturated rings. The molecule has 0 saturated heterocycles. The van der Waals surface area contributed by atoms with Crippen LogP contribution in [0.1, 0.15) is 23.3 Å². The molecule has 1 saturated carbocycles. The standard InChI is InChI=1S/C12H12N4O/c17-8-10-5-11(12-6-13-3-4-14-12)15-16(10)7-9-1-2-9/h3-6,8-9H,1-2,7H2. The Morgan fingerprint density at radius 1 is 1.35 bits per heavy atom. The van der Waals surface area contributed by atoms with Crippen LogP contribution in [-0.2, 0) is 6.54 Å². The molecule has 2 aromatic heterocycles. The van der Waals surface area contributed by atoms with E-state index in [1.54, 1.807) is 29.3 Å². The third-order valence-corrected chi connectivity index (χ3v) is 2.89. The second kappa shape index (κ2) is 4.08. The maximum Gasteiger partial charge on any atom is 0.168 e. The van der Waals surface area contributed by atoms with Crippen LogP contribution in [0.3, 0.4) is 0 Å². The van der Waals surface area contributed by atoms with Crippen molar-refractivity contribution in [1.82, 2.24) is 19.7 Å². The minimum absolute atomic E-state index is 0.609. The Kier molecular flexibility index (Phi) is 2.44. The molecule has 17 heavy (non-hydrogen) atoms. The first kappa shape index (κ1) is 10.1. The predicted molar refractivity (Wildman–Crippen MR) is 61.4 cm³/mol. The quantitative estimate of drug-likeness (QED) is 0.745. The zero-order valence-electron chi connectivity index (χ0n) is 9.28. The van der Waals surface area contributed by atoms with Crippen molar-refractivity contribution in [2.75, 3.05) is 0 Å². The summed E-state index contributed by atoms with van der Waals surface area (Å²) in [6.07, 6.45) is 8.20.